The Hall–Kier alpha value is -1.70. The lowest BCUT2D eigenvalue weighted by Crippen LogP contribution is -2.10. The smallest absolute Gasteiger partial charge is 0.271 e. The van der Waals surface area contributed by atoms with Crippen LogP contribution in [0.4, 0.5) is 5.69 Å². The molecule has 0 unspecified atom stereocenters. The summed E-state index contributed by atoms with van der Waals surface area (Å²) in [6, 6.07) is 8.06. The van der Waals surface area contributed by atoms with Crippen LogP contribution in [0.15, 0.2) is 39.8 Å². The maximum atomic E-state index is 11.1. The maximum absolute atomic E-state index is 11.1. The van der Waals surface area contributed by atoms with Crippen molar-refractivity contribution >= 4 is 27.3 Å². The van der Waals surface area contributed by atoms with Crippen LogP contribution in [0.2, 0.25) is 5.02 Å². The largest absolute Gasteiger partial charge is 0.495 e. The summed E-state index contributed by atoms with van der Waals surface area (Å²) in [6.45, 7) is 0.304. The number of anilines is 1. The predicted octanol–water partition coefficient (Wildman–Crippen LogP) is 2.20. The predicted molar refractivity (Wildman–Crippen MR) is 75.4 cm³/mol. The standard InChI is InChI=1S/C12H13ClN2O4S/c1-18-11-4-2-8(6-10(11)13)15-7-9-3-5-12(19-9)20(14,16)17/h2-6,15H,7H2,1H3,(H2,14,16,17). The zero-order valence-electron chi connectivity index (χ0n) is 10.6. The number of nitrogens with two attached hydrogens (primary N) is 1. The molecule has 0 spiro atoms. The van der Waals surface area contributed by atoms with Crippen LogP contribution >= 0.6 is 11.6 Å². The Labute approximate surface area is 121 Å². The van der Waals surface area contributed by atoms with E-state index >= 15 is 0 Å². The van der Waals surface area contributed by atoms with E-state index in [9.17, 15) is 8.42 Å². The van der Waals surface area contributed by atoms with E-state index in [1.54, 1.807) is 18.2 Å². The minimum atomic E-state index is -3.81. The van der Waals surface area contributed by atoms with Crippen LogP contribution in [0.25, 0.3) is 0 Å². The molecule has 0 aliphatic rings. The first-order valence-corrected chi connectivity index (χ1v) is 7.51. The van der Waals surface area contributed by atoms with Crippen LogP contribution < -0.4 is 15.2 Å². The maximum Gasteiger partial charge on any atom is 0.271 e. The van der Waals surface area contributed by atoms with Gasteiger partial charge in [-0.05, 0) is 30.3 Å². The van der Waals surface area contributed by atoms with Gasteiger partial charge in [-0.2, -0.15) is 0 Å². The first kappa shape index (κ1) is 14.7. The summed E-state index contributed by atoms with van der Waals surface area (Å²) in [5.41, 5.74) is 0.754. The van der Waals surface area contributed by atoms with Crippen LogP contribution in [0.5, 0.6) is 5.75 Å². The number of furan rings is 1. The summed E-state index contributed by atoms with van der Waals surface area (Å²) >= 11 is 5.99. The summed E-state index contributed by atoms with van der Waals surface area (Å²) in [7, 11) is -2.28. The zero-order chi connectivity index (χ0) is 14.8. The molecule has 0 saturated heterocycles. The minimum Gasteiger partial charge on any atom is -0.495 e. The van der Waals surface area contributed by atoms with Gasteiger partial charge in [-0.15, -0.1) is 0 Å². The number of ether oxygens (including phenoxy) is 1. The third-order valence-corrected chi connectivity index (χ3v) is 3.61. The number of primary sulfonamides is 1. The molecule has 1 aromatic heterocycles. The number of benzene rings is 1. The minimum absolute atomic E-state index is 0.262. The van der Waals surface area contributed by atoms with E-state index in [-0.39, 0.29) is 5.09 Å². The van der Waals surface area contributed by atoms with Gasteiger partial charge in [0.05, 0.1) is 18.7 Å². The molecule has 108 valence electrons. The SMILES string of the molecule is COc1ccc(NCc2ccc(S(N)(=O)=O)o2)cc1Cl. The molecule has 6 nitrogen and oxygen atoms in total. The zero-order valence-corrected chi connectivity index (χ0v) is 12.2. The summed E-state index contributed by atoms with van der Waals surface area (Å²) in [4.78, 5) is 0. The average molecular weight is 317 g/mol. The molecule has 1 heterocycles. The van der Waals surface area contributed by atoms with Crippen molar-refractivity contribution in [3.63, 3.8) is 0 Å². The highest BCUT2D eigenvalue weighted by Gasteiger charge is 2.13. The van der Waals surface area contributed by atoms with Crippen molar-refractivity contribution in [3.8, 4) is 5.75 Å². The average Bonchev–Trinajstić information content (AvgIpc) is 2.85. The van der Waals surface area contributed by atoms with Gasteiger partial charge in [0.15, 0.2) is 0 Å². The molecule has 1 aromatic carbocycles. The van der Waals surface area contributed by atoms with E-state index in [2.05, 4.69) is 5.32 Å². The van der Waals surface area contributed by atoms with Gasteiger partial charge in [-0.3, -0.25) is 0 Å². The molecule has 0 fully saturated rings. The van der Waals surface area contributed by atoms with Crippen LogP contribution in [0.1, 0.15) is 5.76 Å². The number of rotatable bonds is 5. The normalized spacial score (nSPS) is 11.3. The Kier molecular flexibility index (Phi) is 4.22. The Morgan fingerprint density at radius 2 is 2.10 bits per heavy atom. The van der Waals surface area contributed by atoms with E-state index < -0.39 is 10.0 Å². The van der Waals surface area contributed by atoms with Crippen molar-refractivity contribution in [2.24, 2.45) is 5.14 Å². The van der Waals surface area contributed by atoms with Gasteiger partial charge in [0.2, 0.25) is 5.09 Å². The fourth-order valence-corrected chi connectivity index (χ4v) is 2.31. The van der Waals surface area contributed by atoms with E-state index in [0.717, 1.165) is 5.69 Å². The summed E-state index contributed by atoms with van der Waals surface area (Å²) in [5.74, 6) is 1.02. The highest BCUT2D eigenvalue weighted by atomic mass is 35.5. The Bertz CT molecular complexity index is 712. The third kappa shape index (κ3) is 3.44. The van der Waals surface area contributed by atoms with Crippen LogP contribution in [-0.2, 0) is 16.6 Å². The van der Waals surface area contributed by atoms with Crippen molar-refractivity contribution in [1.29, 1.82) is 0 Å². The number of nitrogens with one attached hydrogen (secondary N) is 1. The molecule has 0 atom stereocenters. The molecule has 0 bridgehead atoms. The Morgan fingerprint density at radius 3 is 2.65 bits per heavy atom. The van der Waals surface area contributed by atoms with Gasteiger partial charge in [0.1, 0.15) is 11.5 Å². The number of hydrogen-bond donors (Lipinski definition) is 2. The molecular weight excluding hydrogens is 304 g/mol. The second kappa shape index (κ2) is 5.74. The van der Waals surface area contributed by atoms with E-state index in [1.807, 2.05) is 0 Å². The molecule has 0 aliphatic heterocycles. The number of methoxy groups -OCH3 is 1. The summed E-state index contributed by atoms with van der Waals surface area (Å²) in [5, 5.41) is 8.22. The molecule has 0 amide bonds. The Balaban J connectivity index is 2.05. The molecule has 20 heavy (non-hydrogen) atoms. The first-order valence-electron chi connectivity index (χ1n) is 5.59. The fourth-order valence-electron chi connectivity index (χ4n) is 1.57. The summed E-state index contributed by atoms with van der Waals surface area (Å²) < 4.78 is 32.3. The monoisotopic (exact) mass is 316 g/mol. The van der Waals surface area contributed by atoms with E-state index in [0.29, 0.717) is 23.1 Å². The highest BCUT2D eigenvalue weighted by molar-refractivity contribution is 7.89. The van der Waals surface area contributed by atoms with Crippen molar-refractivity contribution in [3.05, 3.63) is 41.1 Å². The lowest BCUT2D eigenvalue weighted by Gasteiger charge is -2.07. The van der Waals surface area contributed by atoms with Crippen molar-refractivity contribution in [2.75, 3.05) is 12.4 Å². The Morgan fingerprint density at radius 1 is 1.35 bits per heavy atom. The highest BCUT2D eigenvalue weighted by Crippen LogP contribution is 2.27. The van der Waals surface area contributed by atoms with Gasteiger partial charge in [-0.1, -0.05) is 11.6 Å². The van der Waals surface area contributed by atoms with Crippen molar-refractivity contribution < 1.29 is 17.6 Å². The van der Waals surface area contributed by atoms with Crippen LogP contribution in [0, 0.1) is 0 Å². The molecule has 0 aliphatic carbocycles. The topological polar surface area (TPSA) is 94.6 Å². The fraction of sp³-hybridized carbons (Fsp3) is 0.167. The molecular formula is C12H13ClN2O4S. The first-order chi connectivity index (χ1) is 9.40. The lowest BCUT2D eigenvalue weighted by molar-refractivity contribution is 0.415. The molecule has 2 aromatic rings. The van der Waals surface area contributed by atoms with E-state index in [1.165, 1.54) is 19.2 Å². The quantitative estimate of drug-likeness (QED) is 0.881. The van der Waals surface area contributed by atoms with Crippen molar-refractivity contribution in [1.82, 2.24) is 0 Å². The number of hydrogen-bond acceptors (Lipinski definition) is 5. The number of halogens is 1. The molecule has 8 heteroatoms. The lowest BCUT2D eigenvalue weighted by atomic mass is 10.3. The van der Waals surface area contributed by atoms with Gasteiger partial charge in [0.25, 0.3) is 10.0 Å². The van der Waals surface area contributed by atoms with Gasteiger partial charge in [0, 0.05) is 5.69 Å². The second-order valence-electron chi connectivity index (χ2n) is 3.97. The van der Waals surface area contributed by atoms with Gasteiger partial charge in [-0.25, -0.2) is 13.6 Å². The van der Waals surface area contributed by atoms with Crippen LogP contribution in [-0.4, -0.2) is 15.5 Å². The third-order valence-electron chi connectivity index (χ3n) is 2.54. The van der Waals surface area contributed by atoms with E-state index in [4.69, 9.17) is 25.9 Å². The number of sulfonamides is 1. The molecule has 3 N–H and O–H groups in total. The molecule has 0 radical (unpaired) electrons. The molecule has 0 saturated carbocycles. The summed E-state index contributed by atoms with van der Waals surface area (Å²) in [6.07, 6.45) is 0. The van der Waals surface area contributed by atoms with Gasteiger partial charge < -0.3 is 14.5 Å². The van der Waals surface area contributed by atoms with Crippen LogP contribution in [0.3, 0.4) is 0 Å². The van der Waals surface area contributed by atoms with Crippen molar-refractivity contribution in [2.45, 2.75) is 11.6 Å². The molecule has 2 rings (SSSR count). The van der Waals surface area contributed by atoms with Gasteiger partial charge >= 0.3 is 0 Å². The second-order valence-corrected chi connectivity index (χ2v) is 5.87.